The van der Waals surface area contributed by atoms with E-state index in [1.54, 1.807) is 0 Å². The van der Waals surface area contributed by atoms with Crippen LogP contribution in [0, 0.1) is 6.92 Å². The number of phenols is 1. The predicted molar refractivity (Wildman–Crippen MR) is 75.7 cm³/mol. The van der Waals surface area contributed by atoms with Crippen LogP contribution in [0.25, 0.3) is 0 Å². The van der Waals surface area contributed by atoms with Gasteiger partial charge in [-0.2, -0.15) is 0 Å². The fraction of sp³-hybridized carbons (Fsp3) is 0.500. The number of hydrogen-bond donors (Lipinski definition) is 3. The summed E-state index contributed by atoms with van der Waals surface area (Å²) in [5.74, 6) is 0.399. The molecule has 1 aromatic rings. The first kappa shape index (κ1) is 16.5. The molecule has 1 aromatic carbocycles. The first-order valence-electron chi connectivity index (χ1n) is 5.48. The number of rotatable bonds is 2. The molecule has 1 aliphatic heterocycles. The second-order valence-corrected chi connectivity index (χ2v) is 4.18. The van der Waals surface area contributed by atoms with Crippen LogP contribution in [0.4, 0.5) is 0 Å². The van der Waals surface area contributed by atoms with Gasteiger partial charge >= 0.3 is 0 Å². The summed E-state index contributed by atoms with van der Waals surface area (Å²) in [7, 11) is 0. The minimum Gasteiger partial charge on any atom is -0.508 e. The minimum absolute atomic E-state index is 0. The van der Waals surface area contributed by atoms with Crippen molar-refractivity contribution in [2.45, 2.75) is 19.4 Å². The van der Waals surface area contributed by atoms with Crippen LogP contribution in [0.2, 0.25) is 0 Å². The molecular weight excluding hydrogens is 259 g/mol. The zero-order valence-electron chi connectivity index (χ0n) is 9.90. The molecule has 3 nitrogen and oxygen atoms in total. The molecule has 1 fully saturated rings. The Morgan fingerprint density at radius 3 is 2.65 bits per heavy atom. The maximum Gasteiger partial charge on any atom is 0.118 e. The first-order valence-corrected chi connectivity index (χ1v) is 5.48. The van der Waals surface area contributed by atoms with Crippen LogP contribution >= 0.6 is 24.8 Å². The van der Waals surface area contributed by atoms with Crippen molar-refractivity contribution in [3.63, 3.8) is 0 Å². The summed E-state index contributed by atoms with van der Waals surface area (Å²) in [5.41, 5.74) is 2.13. The number of benzene rings is 1. The Hall–Kier alpha value is -0.480. The summed E-state index contributed by atoms with van der Waals surface area (Å²) in [5, 5.41) is 16.4. The Labute approximate surface area is 115 Å². The molecule has 1 unspecified atom stereocenters. The van der Waals surface area contributed by atoms with Gasteiger partial charge < -0.3 is 15.7 Å². The van der Waals surface area contributed by atoms with Gasteiger partial charge in [0.2, 0.25) is 0 Å². The second kappa shape index (κ2) is 7.77. The highest BCUT2D eigenvalue weighted by molar-refractivity contribution is 5.85. The SMILES string of the molecule is Cc1ccc(CC2CNCCN2)cc1O.Cl.Cl. The van der Waals surface area contributed by atoms with Gasteiger partial charge in [-0.1, -0.05) is 12.1 Å². The normalized spacial score (nSPS) is 19.0. The summed E-state index contributed by atoms with van der Waals surface area (Å²) >= 11 is 0. The van der Waals surface area contributed by atoms with E-state index < -0.39 is 0 Å². The molecule has 1 aliphatic rings. The van der Waals surface area contributed by atoms with Crippen LogP contribution in [0.15, 0.2) is 18.2 Å². The largest absolute Gasteiger partial charge is 0.508 e. The number of hydrogen-bond acceptors (Lipinski definition) is 3. The van der Waals surface area contributed by atoms with Gasteiger partial charge in [0, 0.05) is 25.7 Å². The van der Waals surface area contributed by atoms with Crippen molar-refractivity contribution in [1.82, 2.24) is 10.6 Å². The van der Waals surface area contributed by atoms with Crippen LogP contribution < -0.4 is 10.6 Å². The van der Waals surface area contributed by atoms with E-state index in [0.29, 0.717) is 11.8 Å². The van der Waals surface area contributed by atoms with E-state index in [0.717, 1.165) is 31.6 Å². The molecule has 0 amide bonds. The fourth-order valence-corrected chi connectivity index (χ4v) is 1.92. The highest BCUT2D eigenvalue weighted by Gasteiger charge is 2.12. The molecule has 0 aliphatic carbocycles. The van der Waals surface area contributed by atoms with Crippen molar-refractivity contribution < 1.29 is 5.11 Å². The lowest BCUT2D eigenvalue weighted by Crippen LogP contribution is -2.49. The van der Waals surface area contributed by atoms with Crippen molar-refractivity contribution in [3.05, 3.63) is 29.3 Å². The van der Waals surface area contributed by atoms with Crippen molar-refractivity contribution in [2.24, 2.45) is 0 Å². The summed E-state index contributed by atoms with van der Waals surface area (Å²) in [6.07, 6.45) is 0.973. The average Bonchev–Trinajstić information content (AvgIpc) is 2.25. The minimum atomic E-state index is 0. The van der Waals surface area contributed by atoms with Gasteiger partial charge in [-0.05, 0) is 30.5 Å². The Bertz CT molecular complexity index is 341. The van der Waals surface area contributed by atoms with Crippen LogP contribution in [-0.4, -0.2) is 30.8 Å². The number of piperazine rings is 1. The molecule has 3 N–H and O–H groups in total. The summed E-state index contributed by atoms with van der Waals surface area (Å²) in [6.45, 7) is 5.01. The Balaban J connectivity index is 0.00000128. The molecule has 1 atom stereocenters. The number of aromatic hydroxyl groups is 1. The third-order valence-corrected chi connectivity index (χ3v) is 2.88. The van der Waals surface area contributed by atoms with Crippen LogP contribution in [0.1, 0.15) is 11.1 Å². The zero-order chi connectivity index (χ0) is 10.7. The summed E-state index contributed by atoms with van der Waals surface area (Å²) < 4.78 is 0. The van der Waals surface area contributed by atoms with E-state index in [2.05, 4.69) is 16.7 Å². The van der Waals surface area contributed by atoms with E-state index in [9.17, 15) is 5.11 Å². The van der Waals surface area contributed by atoms with Gasteiger partial charge in [-0.3, -0.25) is 0 Å². The standard InChI is InChI=1S/C12H18N2O.2ClH/c1-9-2-3-10(7-12(9)15)6-11-8-13-4-5-14-11;;/h2-3,7,11,13-15H,4-6,8H2,1H3;2*1H. The lowest BCUT2D eigenvalue weighted by atomic mass is 10.0. The molecule has 1 heterocycles. The summed E-state index contributed by atoms with van der Waals surface area (Å²) in [4.78, 5) is 0. The monoisotopic (exact) mass is 278 g/mol. The lowest BCUT2D eigenvalue weighted by Gasteiger charge is -2.24. The molecule has 17 heavy (non-hydrogen) atoms. The van der Waals surface area contributed by atoms with E-state index in [1.807, 2.05) is 19.1 Å². The zero-order valence-corrected chi connectivity index (χ0v) is 11.5. The van der Waals surface area contributed by atoms with E-state index in [-0.39, 0.29) is 24.8 Å². The van der Waals surface area contributed by atoms with Gasteiger partial charge in [-0.15, -0.1) is 24.8 Å². The van der Waals surface area contributed by atoms with E-state index in [4.69, 9.17) is 0 Å². The Morgan fingerprint density at radius 1 is 1.29 bits per heavy atom. The molecule has 2 rings (SSSR count). The van der Waals surface area contributed by atoms with Gasteiger partial charge in [0.15, 0.2) is 0 Å². The lowest BCUT2D eigenvalue weighted by molar-refractivity contribution is 0.415. The highest BCUT2D eigenvalue weighted by Crippen LogP contribution is 2.18. The summed E-state index contributed by atoms with van der Waals surface area (Å²) in [6, 6.07) is 6.42. The molecule has 0 aromatic heterocycles. The third-order valence-electron chi connectivity index (χ3n) is 2.88. The molecule has 5 heteroatoms. The predicted octanol–water partition coefficient (Wildman–Crippen LogP) is 1.65. The Morgan fingerprint density at radius 2 is 2.06 bits per heavy atom. The number of phenolic OH excluding ortho intramolecular Hbond substituents is 1. The highest BCUT2D eigenvalue weighted by atomic mass is 35.5. The number of aryl methyl sites for hydroxylation is 1. The average molecular weight is 279 g/mol. The van der Waals surface area contributed by atoms with Crippen molar-refractivity contribution in [1.29, 1.82) is 0 Å². The van der Waals surface area contributed by atoms with Gasteiger partial charge in [0.25, 0.3) is 0 Å². The van der Waals surface area contributed by atoms with E-state index >= 15 is 0 Å². The molecule has 0 saturated carbocycles. The smallest absolute Gasteiger partial charge is 0.118 e. The second-order valence-electron chi connectivity index (χ2n) is 4.18. The molecule has 0 bridgehead atoms. The fourth-order valence-electron chi connectivity index (χ4n) is 1.92. The number of halogens is 2. The third kappa shape index (κ3) is 4.72. The van der Waals surface area contributed by atoms with Gasteiger partial charge in [0.05, 0.1) is 0 Å². The number of nitrogens with one attached hydrogen (secondary N) is 2. The maximum atomic E-state index is 9.59. The van der Waals surface area contributed by atoms with Crippen molar-refractivity contribution >= 4 is 24.8 Å². The maximum absolute atomic E-state index is 9.59. The Kier molecular flexibility index (Phi) is 7.55. The van der Waals surface area contributed by atoms with Crippen LogP contribution in [-0.2, 0) is 6.42 Å². The topological polar surface area (TPSA) is 44.3 Å². The van der Waals surface area contributed by atoms with Crippen molar-refractivity contribution in [3.8, 4) is 5.75 Å². The van der Waals surface area contributed by atoms with Gasteiger partial charge in [0.1, 0.15) is 5.75 Å². The van der Waals surface area contributed by atoms with Crippen LogP contribution in [0.3, 0.4) is 0 Å². The van der Waals surface area contributed by atoms with Gasteiger partial charge in [-0.25, -0.2) is 0 Å². The molecule has 1 saturated heterocycles. The molecular formula is C12H20Cl2N2O. The quantitative estimate of drug-likeness (QED) is 0.771. The van der Waals surface area contributed by atoms with E-state index in [1.165, 1.54) is 5.56 Å². The van der Waals surface area contributed by atoms with Crippen LogP contribution in [0.5, 0.6) is 5.75 Å². The first-order chi connectivity index (χ1) is 7.25. The molecule has 0 spiro atoms. The molecule has 0 radical (unpaired) electrons. The van der Waals surface area contributed by atoms with Crippen molar-refractivity contribution in [2.75, 3.05) is 19.6 Å². The molecule has 98 valence electrons.